The summed E-state index contributed by atoms with van der Waals surface area (Å²) in [6.45, 7) is 1.70. The molecule has 0 rings (SSSR count). The van der Waals surface area contributed by atoms with Gasteiger partial charge in [-0.05, 0) is 6.92 Å². The number of thiocarbonyl (C=S) groups is 1. The van der Waals surface area contributed by atoms with Crippen LogP contribution in [0.2, 0.25) is 0 Å². The van der Waals surface area contributed by atoms with Crippen molar-refractivity contribution in [2.45, 2.75) is 6.92 Å². The first-order chi connectivity index (χ1) is 4.72. The molecule has 0 fully saturated rings. The predicted octanol–water partition coefficient (Wildman–Crippen LogP) is 0.183. The van der Waals surface area contributed by atoms with Crippen molar-refractivity contribution in [1.29, 1.82) is 0 Å². The molecule has 10 heavy (non-hydrogen) atoms. The highest BCUT2D eigenvalue weighted by Gasteiger charge is 1.97. The summed E-state index contributed by atoms with van der Waals surface area (Å²) in [6.07, 6.45) is 1.55. The zero-order valence-corrected chi connectivity index (χ0v) is 6.79. The highest BCUT2D eigenvalue weighted by atomic mass is 32.1. The smallest absolute Gasteiger partial charge is 0.248 e. The molecule has 56 valence electrons. The molecular weight excluding hydrogens is 148 g/mol. The van der Waals surface area contributed by atoms with Crippen molar-refractivity contribution in [3.05, 3.63) is 11.8 Å². The summed E-state index contributed by atoms with van der Waals surface area (Å²) in [5.74, 6) is -0.107. The molecule has 0 aromatic carbocycles. The third-order valence-corrected chi connectivity index (χ3v) is 1.09. The van der Waals surface area contributed by atoms with E-state index in [0.29, 0.717) is 5.57 Å². The molecule has 2 N–H and O–H groups in total. The molecule has 0 aliphatic carbocycles. The van der Waals surface area contributed by atoms with Crippen LogP contribution in [0, 0.1) is 0 Å². The fraction of sp³-hybridized carbons (Fsp3) is 0.333. The number of carbonyl (C=O) groups is 1. The van der Waals surface area contributed by atoms with E-state index in [0.717, 1.165) is 0 Å². The monoisotopic (exact) mass is 158 g/mol. The molecule has 1 amide bonds. The molecule has 0 aliphatic heterocycles. The Hall–Kier alpha value is -0.900. The van der Waals surface area contributed by atoms with Crippen LogP contribution in [0.15, 0.2) is 11.8 Å². The lowest BCUT2D eigenvalue weighted by Gasteiger charge is -1.97. The summed E-state index contributed by atoms with van der Waals surface area (Å²) in [4.78, 5) is 10.8. The Morgan fingerprint density at radius 2 is 2.20 bits per heavy atom. The van der Waals surface area contributed by atoms with Gasteiger partial charge in [0.15, 0.2) is 0 Å². The van der Waals surface area contributed by atoms with Crippen molar-refractivity contribution < 1.29 is 4.79 Å². The summed E-state index contributed by atoms with van der Waals surface area (Å²) in [5.41, 5.74) is 1.94. The van der Waals surface area contributed by atoms with Crippen LogP contribution < -0.4 is 10.6 Å². The summed E-state index contributed by atoms with van der Waals surface area (Å²) >= 11 is 4.48. The molecule has 0 aromatic heterocycles. The molecule has 3 nitrogen and oxygen atoms in total. The lowest BCUT2D eigenvalue weighted by molar-refractivity contribution is -0.117. The average Bonchev–Trinajstić information content (AvgIpc) is 1.98. The lowest BCUT2D eigenvalue weighted by Crippen LogP contribution is -2.19. The zero-order chi connectivity index (χ0) is 7.98. The molecule has 0 radical (unpaired) electrons. The van der Waals surface area contributed by atoms with Gasteiger partial charge in [0.1, 0.15) is 0 Å². The zero-order valence-electron chi connectivity index (χ0n) is 5.97. The Kier molecular flexibility index (Phi) is 4.49. The van der Waals surface area contributed by atoms with Gasteiger partial charge in [-0.25, -0.2) is 0 Å². The van der Waals surface area contributed by atoms with Gasteiger partial charge in [-0.1, -0.05) is 12.2 Å². The molecule has 0 bridgehead atoms. The lowest BCUT2D eigenvalue weighted by atomic mass is 10.3. The van der Waals surface area contributed by atoms with E-state index in [4.69, 9.17) is 0 Å². The predicted molar refractivity (Wildman–Crippen MR) is 44.6 cm³/mol. The van der Waals surface area contributed by atoms with Crippen LogP contribution in [0.1, 0.15) is 6.92 Å². The van der Waals surface area contributed by atoms with Crippen molar-refractivity contribution >= 4 is 23.6 Å². The maximum absolute atomic E-state index is 10.8. The second-order valence-electron chi connectivity index (χ2n) is 1.69. The first-order valence-electron chi connectivity index (χ1n) is 2.81. The largest absolute Gasteiger partial charge is 0.358 e. The Balaban J connectivity index is 3.91. The topological polar surface area (TPSA) is 41.1 Å². The third kappa shape index (κ3) is 3.19. The van der Waals surface area contributed by atoms with Crippen molar-refractivity contribution in [1.82, 2.24) is 10.6 Å². The van der Waals surface area contributed by atoms with Crippen molar-refractivity contribution in [3.63, 3.8) is 0 Å². The van der Waals surface area contributed by atoms with E-state index >= 15 is 0 Å². The molecule has 0 saturated heterocycles. The van der Waals surface area contributed by atoms with Crippen LogP contribution in [-0.2, 0) is 4.79 Å². The van der Waals surface area contributed by atoms with Crippen LogP contribution in [0.5, 0.6) is 0 Å². The Labute approximate surface area is 65.5 Å². The molecule has 0 atom stereocenters. The highest BCUT2D eigenvalue weighted by molar-refractivity contribution is 7.78. The molecule has 0 saturated carbocycles. The summed E-state index contributed by atoms with van der Waals surface area (Å²) < 4.78 is 0. The molecular formula is C6H10N2OS. The van der Waals surface area contributed by atoms with Crippen LogP contribution in [-0.4, -0.2) is 18.4 Å². The van der Waals surface area contributed by atoms with E-state index in [1.807, 2.05) is 0 Å². The van der Waals surface area contributed by atoms with Gasteiger partial charge in [0.25, 0.3) is 0 Å². The maximum Gasteiger partial charge on any atom is 0.248 e. The van der Waals surface area contributed by atoms with Crippen LogP contribution in [0.3, 0.4) is 0 Å². The number of nitrogens with one attached hydrogen (secondary N) is 2. The van der Waals surface area contributed by atoms with Gasteiger partial charge in [0.05, 0.1) is 5.49 Å². The maximum atomic E-state index is 10.8. The van der Waals surface area contributed by atoms with Crippen molar-refractivity contribution in [2.75, 3.05) is 7.05 Å². The molecule has 0 heterocycles. The second-order valence-corrected chi connectivity index (χ2v) is 1.93. The minimum Gasteiger partial charge on any atom is -0.358 e. The fourth-order valence-electron chi connectivity index (χ4n) is 0.422. The van der Waals surface area contributed by atoms with Crippen LogP contribution >= 0.6 is 12.2 Å². The quantitative estimate of drug-likeness (QED) is 0.455. The van der Waals surface area contributed by atoms with E-state index in [-0.39, 0.29) is 5.91 Å². The van der Waals surface area contributed by atoms with Gasteiger partial charge in [-0.3, -0.25) is 4.79 Å². The first-order valence-corrected chi connectivity index (χ1v) is 3.28. The minimum absolute atomic E-state index is 0.107. The SMILES string of the molecule is CNC(=O)/C(C)=C\NC=S. The van der Waals surface area contributed by atoms with Gasteiger partial charge in [-0.15, -0.1) is 0 Å². The summed E-state index contributed by atoms with van der Waals surface area (Å²) in [5, 5.41) is 5.11. The number of hydrogen-bond acceptors (Lipinski definition) is 2. The first kappa shape index (κ1) is 9.10. The number of hydrogen-bond donors (Lipinski definition) is 2. The highest BCUT2D eigenvalue weighted by Crippen LogP contribution is 1.87. The molecule has 4 heteroatoms. The normalized spacial score (nSPS) is 10.4. The number of amides is 1. The van der Waals surface area contributed by atoms with E-state index in [2.05, 4.69) is 22.9 Å². The standard InChI is InChI=1S/C6H10N2OS/c1-5(3-8-4-10)6(9)7-2/h3-4H,1-2H3,(H,7,9)(H,8,10)/b5-3-. The minimum atomic E-state index is -0.107. The molecule has 0 unspecified atom stereocenters. The molecule has 0 spiro atoms. The number of likely N-dealkylation sites (N-methyl/N-ethyl adjacent to an activating group) is 1. The van der Waals surface area contributed by atoms with Gasteiger partial charge < -0.3 is 10.6 Å². The van der Waals surface area contributed by atoms with Gasteiger partial charge in [-0.2, -0.15) is 0 Å². The van der Waals surface area contributed by atoms with E-state index < -0.39 is 0 Å². The average molecular weight is 158 g/mol. The van der Waals surface area contributed by atoms with Crippen molar-refractivity contribution in [2.24, 2.45) is 0 Å². The number of carbonyl (C=O) groups excluding carboxylic acids is 1. The van der Waals surface area contributed by atoms with Crippen LogP contribution in [0.25, 0.3) is 0 Å². The third-order valence-electron chi connectivity index (χ3n) is 0.953. The Bertz CT molecular complexity index is 165. The summed E-state index contributed by atoms with van der Waals surface area (Å²) in [7, 11) is 1.58. The molecule has 0 aliphatic rings. The van der Waals surface area contributed by atoms with Gasteiger partial charge in [0.2, 0.25) is 5.91 Å². The van der Waals surface area contributed by atoms with Crippen molar-refractivity contribution in [3.8, 4) is 0 Å². The van der Waals surface area contributed by atoms with Crippen LogP contribution in [0.4, 0.5) is 0 Å². The van der Waals surface area contributed by atoms with Gasteiger partial charge >= 0.3 is 0 Å². The Morgan fingerprint density at radius 1 is 1.60 bits per heavy atom. The second kappa shape index (κ2) is 4.93. The molecule has 0 aromatic rings. The summed E-state index contributed by atoms with van der Waals surface area (Å²) in [6, 6.07) is 0. The van der Waals surface area contributed by atoms with E-state index in [9.17, 15) is 4.79 Å². The van der Waals surface area contributed by atoms with E-state index in [1.54, 1.807) is 20.2 Å². The Morgan fingerprint density at radius 3 is 2.60 bits per heavy atom. The number of rotatable bonds is 3. The van der Waals surface area contributed by atoms with E-state index in [1.165, 1.54) is 5.49 Å². The van der Waals surface area contributed by atoms with Gasteiger partial charge in [0, 0.05) is 18.8 Å². The fourth-order valence-corrected chi connectivity index (χ4v) is 0.490.